The van der Waals surface area contributed by atoms with Crippen LogP contribution in [0.1, 0.15) is 269 Å². The molecule has 0 saturated heterocycles. The fourth-order valence-electron chi connectivity index (χ4n) is 26.0. The maximum Gasteiger partial charge on any atom is 0.333 e. The SMILES string of the molecule is C=C(C)C(=O)OC12CC3(OC(=O)C(=C)C)CC(OC(=O)C(=C)C)(C1)CC(OC(=O)C(=C)C)(C2)C3.C=C(C)C(=O)OC12CC3CC(C1)CC(OC(=O)C(=C)C)(C3)C2.C=C(C)C(=O)OC12CC3CC(O)(C1)CC(OC(=O)C(=C)C)(C3)C2.C=C(C)C(=O)OC12CC3CC(OC(=O)C(=C)C)(C1)CC(OC(=O)C(=C)C)(C3)C2.C=CC(=O)OC12CC3CC(C1)CC(OC(=O)C=C)(C3)C2. The highest BCUT2D eigenvalue weighted by Crippen LogP contribution is 2.69. The molecule has 0 aromatic heterocycles. The highest BCUT2D eigenvalue weighted by atomic mass is 16.6. The summed E-state index contributed by atoms with van der Waals surface area (Å²) in [6, 6.07) is 0. The van der Waals surface area contributed by atoms with Crippen LogP contribution in [0.4, 0.5) is 0 Å². The number of carbonyl (C=O) groups excluding carboxylic acids is 13. The van der Waals surface area contributed by atoms with Crippen molar-refractivity contribution in [2.75, 3.05) is 0 Å². The molecule has 20 rings (SSSR count). The molecule has 0 radical (unpaired) electrons. The third kappa shape index (κ3) is 21.3. The summed E-state index contributed by atoms with van der Waals surface area (Å²) in [7, 11) is 0. The average molecular weight is 1760 g/mol. The first-order valence-corrected chi connectivity index (χ1v) is 43.9. The molecule has 127 heavy (non-hydrogen) atoms. The molecule has 2 atom stereocenters. The van der Waals surface area contributed by atoms with Crippen LogP contribution in [0, 0.1) is 35.5 Å². The Morgan fingerprint density at radius 3 is 0.512 bits per heavy atom. The standard InChI is InChI=1S/C26H32O8.C22H28O6.C18H24O5.C18H24O4.C16H20O4/c1-15(2)19(27)31-23-9-24(32-20(28)16(3)4)12-25(10-23,33-21(29)17(5)6)14-26(11-23,13-24)34-22(30)18(7)8;1-13(2)17(23)26-20-7-16-8-21(10-20,27-18(24)14(3)4)12-22(9-16,11-20)28-19(25)15(5)6;1-11(2)14(19)22-17-6-13-5-16(21,8-17)9-18(7-13,10-17)23-15(20)12(3)4;1-11(2)15(19)21-17-6-13-5-14(7-17)9-18(8-13,10-17)22-16(20)12(3)4;1-3-13(17)19-15-6-11-5-12(7-15)9-16(8-11,10-15)20-14(18)4-2/h1,3,5,7,9-14H2,2,4,6,8H3;16H,1,3,5,7-12H2,2,4,6H3;13,21H,1,3,5-10H2,2,4H3;13-14H,1,3,5-10H2,2,4H3;3-4,11-12H,1-2,5-10H2. The average Bonchev–Trinajstić information content (AvgIpc) is 0.679. The lowest BCUT2D eigenvalue weighted by molar-refractivity contribution is -0.307. The van der Waals surface area contributed by atoms with Crippen LogP contribution in [-0.2, 0) is 124 Å². The van der Waals surface area contributed by atoms with E-state index in [0.717, 1.165) is 64.2 Å². The molecule has 1 N–H and O–H groups in total. The summed E-state index contributed by atoms with van der Waals surface area (Å²) in [4.78, 5) is 159. The fraction of sp³-hybridized carbons (Fsp3) is 0.610. The Kier molecular flexibility index (Phi) is 26.8. The topological polar surface area (TPSA) is 362 Å². The van der Waals surface area contributed by atoms with Crippen LogP contribution in [-0.4, -0.2) is 161 Å². The van der Waals surface area contributed by atoms with Crippen molar-refractivity contribution in [3.05, 3.63) is 159 Å². The molecular weight excluding hydrogens is 1630 g/mol. The van der Waals surface area contributed by atoms with E-state index < -0.39 is 132 Å². The van der Waals surface area contributed by atoms with Crippen LogP contribution in [0.3, 0.4) is 0 Å². The monoisotopic (exact) mass is 1760 g/mol. The third-order valence-corrected chi connectivity index (χ3v) is 27.8. The first kappa shape index (κ1) is 97.3. The van der Waals surface area contributed by atoms with Gasteiger partial charge in [-0.1, -0.05) is 85.5 Å². The van der Waals surface area contributed by atoms with Crippen LogP contribution in [0.25, 0.3) is 0 Å². The number of aliphatic hydroxyl groups is 1. The van der Waals surface area contributed by atoms with Gasteiger partial charge in [0.15, 0.2) is 0 Å². The molecule has 0 aromatic carbocycles. The lowest BCUT2D eigenvalue weighted by Gasteiger charge is -2.66. The zero-order valence-electron chi connectivity index (χ0n) is 76.1. The van der Waals surface area contributed by atoms with Gasteiger partial charge in [0.05, 0.1) is 5.60 Å². The summed E-state index contributed by atoms with van der Waals surface area (Å²) >= 11 is 0. The molecule has 690 valence electrons. The van der Waals surface area contributed by atoms with Crippen molar-refractivity contribution in [3.63, 3.8) is 0 Å². The summed E-state index contributed by atoms with van der Waals surface area (Å²) < 4.78 is 75.8. The molecule has 20 saturated carbocycles. The highest BCUT2D eigenvalue weighted by Gasteiger charge is 2.76. The summed E-state index contributed by atoms with van der Waals surface area (Å²) in [6.07, 6.45) is 20.5. The zero-order chi connectivity index (χ0) is 94.1. The molecule has 20 bridgehead atoms. The van der Waals surface area contributed by atoms with Gasteiger partial charge in [-0.05, 0) is 214 Å². The van der Waals surface area contributed by atoms with Gasteiger partial charge in [-0.25, -0.2) is 62.3 Å². The number of esters is 13. The van der Waals surface area contributed by atoms with E-state index in [1.54, 1.807) is 48.5 Å². The minimum Gasteiger partial charge on any atom is -0.456 e. The molecule has 0 heterocycles. The molecule has 20 aliphatic rings. The van der Waals surface area contributed by atoms with E-state index in [1.165, 1.54) is 39.8 Å². The Morgan fingerprint density at radius 2 is 0.339 bits per heavy atom. The normalized spacial score (nSPS) is 37.0. The molecule has 27 nitrogen and oxygen atoms in total. The van der Waals surface area contributed by atoms with Crippen molar-refractivity contribution in [1.82, 2.24) is 0 Å². The van der Waals surface area contributed by atoms with E-state index in [1.807, 2.05) is 0 Å². The molecule has 0 aromatic rings. The number of carbonyl (C=O) groups is 13. The van der Waals surface area contributed by atoms with Gasteiger partial charge in [0.2, 0.25) is 0 Å². The minimum atomic E-state index is -1.22. The van der Waals surface area contributed by atoms with Gasteiger partial charge >= 0.3 is 77.6 Å². The van der Waals surface area contributed by atoms with Gasteiger partial charge in [0.1, 0.15) is 72.8 Å². The van der Waals surface area contributed by atoms with Crippen molar-refractivity contribution in [1.29, 1.82) is 0 Å². The van der Waals surface area contributed by atoms with Crippen molar-refractivity contribution in [2.24, 2.45) is 35.5 Å². The van der Waals surface area contributed by atoms with Crippen LogP contribution in [0.2, 0.25) is 0 Å². The van der Waals surface area contributed by atoms with Gasteiger partial charge in [-0.3, -0.25) is 0 Å². The van der Waals surface area contributed by atoms with E-state index >= 15 is 0 Å². The van der Waals surface area contributed by atoms with Crippen molar-refractivity contribution < 1.29 is 129 Å². The lowest BCUT2D eigenvalue weighted by atomic mass is 9.48. The smallest absolute Gasteiger partial charge is 0.333 e. The van der Waals surface area contributed by atoms with E-state index in [2.05, 4.69) is 85.5 Å². The maximum atomic E-state index is 12.6. The summed E-state index contributed by atoms with van der Waals surface area (Å²) in [5.74, 6) is -4.09. The first-order chi connectivity index (χ1) is 58.7. The van der Waals surface area contributed by atoms with Crippen molar-refractivity contribution >= 4 is 77.6 Å². The number of ether oxygens (including phenoxy) is 13. The predicted molar refractivity (Wildman–Crippen MR) is 462 cm³/mol. The zero-order valence-corrected chi connectivity index (χ0v) is 76.1. The molecule has 0 aliphatic heterocycles. The van der Waals surface area contributed by atoms with E-state index in [-0.39, 0.29) is 96.5 Å². The van der Waals surface area contributed by atoms with Gasteiger partial charge in [0.25, 0.3) is 0 Å². The van der Waals surface area contributed by atoms with Gasteiger partial charge in [-0.2, -0.15) is 0 Å². The number of hydrogen-bond acceptors (Lipinski definition) is 27. The highest BCUT2D eigenvalue weighted by molar-refractivity contribution is 5.93. The van der Waals surface area contributed by atoms with Crippen molar-refractivity contribution in [2.45, 2.75) is 347 Å². The molecule has 2 unspecified atom stereocenters. The summed E-state index contributed by atoms with van der Waals surface area (Å²) in [5, 5.41) is 10.9. The van der Waals surface area contributed by atoms with Gasteiger partial charge in [0, 0.05) is 163 Å². The van der Waals surface area contributed by atoms with Gasteiger partial charge < -0.3 is 66.7 Å². The third-order valence-electron chi connectivity index (χ3n) is 27.8. The number of rotatable bonds is 26. The Balaban J connectivity index is 0.000000156. The Labute approximate surface area is 744 Å². The molecule has 27 heteroatoms. The molecule has 20 aliphatic carbocycles. The lowest BCUT2D eigenvalue weighted by Crippen LogP contribution is -2.75. The Morgan fingerprint density at radius 1 is 0.205 bits per heavy atom. The van der Waals surface area contributed by atoms with Crippen LogP contribution >= 0.6 is 0 Å². The Hall–Kier alpha value is -10.3. The molecule has 0 amide bonds. The van der Waals surface area contributed by atoms with Crippen LogP contribution < -0.4 is 0 Å². The van der Waals surface area contributed by atoms with E-state index in [0.29, 0.717) is 153 Å². The van der Waals surface area contributed by atoms with Gasteiger partial charge in [-0.15, -0.1) is 0 Å². The van der Waals surface area contributed by atoms with Crippen molar-refractivity contribution in [3.8, 4) is 0 Å². The summed E-state index contributed by atoms with van der Waals surface area (Å²) in [6.45, 7) is 64.5. The maximum absolute atomic E-state index is 12.6. The second-order valence-corrected chi connectivity index (χ2v) is 41.7. The molecule has 20 fully saturated rings. The van der Waals surface area contributed by atoms with Crippen LogP contribution in [0.15, 0.2) is 159 Å². The number of hydrogen-bond donors (Lipinski definition) is 1. The second kappa shape index (κ2) is 34.9. The largest absolute Gasteiger partial charge is 0.456 e. The quantitative estimate of drug-likeness (QED) is 0.0477. The minimum absolute atomic E-state index is 0.116. The van der Waals surface area contributed by atoms with E-state index in [4.69, 9.17) is 61.6 Å². The van der Waals surface area contributed by atoms with E-state index in [9.17, 15) is 67.4 Å². The first-order valence-electron chi connectivity index (χ1n) is 43.9. The molecular formula is C100H128O27. The molecule has 0 spiro atoms. The summed E-state index contributed by atoms with van der Waals surface area (Å²) in [5.41, 5.74) is -8.60. The second-order valence-electron chi connectivity index (χ2n) is 41.7. The fourth-order valence-corrected chi connectivity index (χ4v) is 26.0. The predicted octanol–water partition coefficient (Wildman–Crippen LogP) is 15.6. The Bertz CT molecular complexity index is 4340. The van der Waals surface area contributed by atoms with Crippen LogP contribution in [0.5, 0.6) is 0 Å².